The summed E-state index contributed by atoms with van der Waals surface area (Å²) in [5, 5.41) is 0. The van der Waals surface area contributed by atoms with Crippen LogP contribution in [-0.2, 0) is 0 Å². The molecule has 1 aromatic rings. The molecule has 0 bridgehead atoms. The monoisotopic (exact) mass is 334 g/mol. The first-order valence-electron chi connectivity index (χ1n) is 6.61. The minimum atomic E-state index is -0.874. The molecule has 1 aromatic carbocycles. The van der Waals surface area contributed by atoms with E-state index >= 15 is 0 Å². The summed E-state index contributed by atoms with van der Waals surface area (Å²) < 4.78 is 40.7. The minimum absolute atomic E-state index is 0.0275. The van der Waals surface area contributed by atoms with Crippen molar-refractivity contribution in [2.24, 2.45) is 11.3 Å². The molecule has 0 heterocycles. The lowest BCUT2D eigenvalue weighted by Crippen LogP contribution is -2.31. The zero-order valence-corrected chi connectivity index (χ0v) is 12.7. The molecule has 0 nitrogen and oxygen atoms in total. The Bertz CT molecular complexity index is 447. The van der Waals surface area contributed by atoms with Crippen molar-refractivity contribution in [1.82, 2.24) is 0 Å². The van der Waals surface area contributed by atoms with Crippen molar-refractivity contribution in [3.05, 3.63) is 35.1 Å². The van der Waals surface area contributed by atoms with Gasteiger partial charge in [0.05, 0.1) is 0 Å². The fourth-order valence-corrected chi connectivity index (χ4v) is 4.50. The standard InChI is InChI=1S/C15H18BrF3/c1-15(2)6-4-3-5-10(15)14(16)13-11(18)7-9(17)8-12(13)19/h7-8,10,14H,3-6H2,1-2H3. The lowest BCUT2D eigenvalue weighted by atomic mass is 9.66. The van der Waals surface area contributed by atoms with Crippen LogP contribution in [0.4, 0.5) is 13.2 Å². The third-order valence-electron chi connectivity index (χ3n) is 4.26. The molecular formula is C15H18BrF3. The molecule has 0 aliphatic heterocycles. The second kappa shape index (κ2) is 5.47. The molecule has 0 amide bonds. The van der Waals surface area contributed by atoms with Gasteiger partial charge in [-0.3, -0.25) is 0 Å². The molecule has 0 radical (unpaired) electrons. The number of alkyl halides is 1. The van der Waals surface area contributed by atoms with E-state index in [2.05, 4.69) is 29.8 Å². The van der Waals surface area contributed by atoms with E-state index in [4.69, 9.17) is 0 Å². The maximum atomic E-state index is 13.9. The molecule has 0 saturated heterocycles. The Hall–Kier alpha value is -0.510. The van der Waals surface area contributed by atoms with E-state index in [0.717, 1.165) is 37.8 Å². The third kappa shape index (κ3) is 2.99. The van der Waals surface area contributed by atoms with E-state index < -0.39 is 22.3 Å². The molecule has 2 rings (SSSR count). The van der Waals surface area contributed by atoms with Crippen LogP contribution in [0.5, 0.6) is 0 Å². The Kier molecular flexibility index (Phi) is 4.29. The van der Waals surface area contributed by atoms with Crippen LogP contribution in [0, 0.1) is 28.8 Å². The molecule has 1 aliphatic rings. The van der Waals surface area contributed by atoms with Gasteiger partial charge in [0.1, 0.15) is 17.5 Å². The smallest absolute Gasteiger partial charge is 0.133 e. The molecule has 1 aliphatic carbocycles. The van der Waals surface area contributed by atoms with Crippen molar-refractivity contribution in [1.29, 1.82) is 0 Å². The van der Waals surface area contributed by atoms with Crippen molar-refractivity contribution in [3.63, 3.8) is 0 Å². The summed E-state index contributed by atoms with van der Waals surface area (Å²) in [6.07, 6.45) is 4.20. The molecule has 0 spiro atoms. The molecule has 0 aromatic heterocycles. The van der Waals surface area contributed by atoms with Gasteiger partial charge in [-0.15, -0.1) is 0 Å². The zero-order chi connectivity index (χ0) is 14.2. The fourth-order valence-electron chi connectivity index (χ4n) is 3.08. The first-order valence-corrected chi connectivity index (χ1v) is 7.53. The highest BCUT2D eigenvalue weighted by Crippen LogP contribution is 2.50. The second-order valence-corrected chi connectivity index (χ2v) is 7.01. The molecule has 0 N–H and O–H groups in total. The fraction of sp³-hybridized carbons (Fsp3) is 0.600. The van der Waals surface area contributed by atoms with Gasteiger partial charge in [0, 0.05) is 22.5 Å². The van der Waals surface area contributed by atoms with Gasteiger partial charge in [-0.25, -0.2) is 13.2 Å². The molecule has 106 valence electrons. The highest BCUT2D eigenvalue weighted by molar-refractivity contribution is 9.09. The Balaban J connectivity index is 2.36. The first-order chi connectivity index (χ1) is 8.83. The van der Waals surface area contributed by atoms with Crippen molar-refractivity contribution in [2.75, 3.05) is 0 Å². The van der Waals surface area contributed by atoms with Crippen LogP contribution < -0.4 is 0 Å². The van der Waals surface area contributed by atoms with Crippen LogP contribution in [-0.4, -0.2) is 0 Å². The summed E-state index contributed by atoms with van der Waals surface area (Å²) in [6.45, 7) is 4.26. The average Bonchev–Trinajstić information content (AvgIpc) is 2.26. The summed E-state index contributed by atoms with van der Waals surface area (Å²) in [4.78, 5) is -0.414. The number of halogens is 4. The van der Waals surface area contributed by atoms with E-state index in [1.807, 2.05) is 0 Å². The minimum Gasteiger partial charge on any atom is -0.207 e. The summed E-state index contributed by atoms with van der Waals surface area (Å²) in [6, 6.07) is 1.50. The molecular weight excluding hydrogens is 317 g/mol. The number of hydrogen-bond donors (Lipinski definition) is 0. The zero-order valence-electron chi connectivity index (χ0n) is 11.1. The summed E-state index contributed by atoms with van der Waals surface area (Å²) in [5.41, 5.74) is -0.0129. The highest BCUT2D eigenvalue weighted by atomic mass is 79.9. The van der Waals surface area contributed by atoms with Crippen molar-refractivity contribution < 1.29 is 13.2 Å². The predicted molar refractivity (Wildman–Crippen MR) is 73.7 cm³/mol. The number of hydrogen-bond acceptors (Lipinski definition) is 0. The molecule has 1 saturated carbocycles. The van der Waals surface area contributed by atoms with Crippen molar-refractivity contribution >= 4 is 15.9 Å². The molecule has 19 heavy (non-hydrogen) atoms. The van der Waals surface area contributed by atoms with Gasteiger partial charge in [-0.2, -0.15) is 0 Å². The second-order valence-electron chi connectivity index (χ2n) is 6.03. The SMILES string of the molecule is CC1(C)CCCCC1C(Br)c1c(F)cc(F)cc1F. The van der Waals surface area contributed by atoms with Crippen molar-refractivity contribution in [3.8, 4) is 0 Å². The number of rotatable bonds is 2. The van der Waals surface area contributed by atoms with Crippen LogP contribution in [0.25, 0.3) is 0 Å². The quantitative estimate of drug-likeness (QED) is 0.603. The third-order valence-corrected chi connectivity index (χ3v) is 5.36. The van der Waals surface area contributed by atoms with Crippen LogP contribution >= 0.6 is 15.9 Å². The summed E-state index contributed by atoms with van der Waals surface area (Å²) in [7, 11) is 0. The van der Waals surface area contributed by atoms with Crippen LogP contribution in [0.15, 0.2) is 12.1 Å². The summed E-state index contributed by atoms with van der Waals surface area (Å²) in [5.74, 6) is -2.33. The molecule has 2 unspecified atom stereocenters. The van der Waals surface area contributed by atoms with Crippen LogP contribution in [0.3, 0.4) is 0 Å². The van der Waals surface area contributed by atoms with Gasteiger partial charge in [-0.1, -0.05) is 42.6 Å². The summed E-state index contributed by atoms with van der Waals surface area (Å²) >= 11 is 3.45. The molecule has 4 heteroatoms. The van der Waals surface area contributed by atoms with E-state index in [0.29, 0.717) is 0 Å². The average molecular weight is 335 g/mol. The van der Waals surface area contributed by atoms with E-state index in [1.165, 1.54) is 0 Å². The lowest BCUT2D eigenvalue weighted by molar-refractivity contribution is 0.134. The Labute approximate surface area is 120 Å². The lowest BCUT2D eigenvalue weighted by Gasteiger charge is -2.41. The maximum absolute atomic E-state index is 13.9. The van der Waals surface area contributed by atoms with Gasteiger partial charge >= 0.3 is 0 Å². The first kappa shape index (κ1) is 14.9. The Morgan fingerprint density at radius 3 is 2.26 bits per heavy atom. The molecule has 2 atom stereocenters. The van der Waals surface area contributed by atoms with Gasteiger partial charge in [0.15, 0.2) is 0 Å². The van der Waals surface area contributed by atoms with Gasteiger partial charge in [-0.05, 0) is 24.2 Å². The molecule has 1 fully saturated rings. The van der Waals surface area contributed by atoms with Crippen molar-refractivity contribution in [2.45, 2.75) is 44.4 Å². The van der Waals surface area contributed by atoms with Gasteiger partial charge < -0.3 is 0 Å². The van der Waals surface area contributed by atoms with E-state index in [-0.39, 0.29) is 16.9 Å². The van der Waals surface area contributed by atoms with Crippen LogP contribution in [0.1, 0.15) is 49.9 Å². The highest BCUT2D eigenvalue weighted by Gasteiger charge is 2.39. The predicted octanol–water partition coefficient (Wildman–Crippen LogP) is 5.76. The number of benzene rings is 1. The van der Waals surface area contributed by atoms with E-state index in [9.17, 15) is 13.2 Å². The normalized spacial score (nSPS) is 24.2. The maximum Gasteiger partial charge on any atom is 0.133 e. The Morgan fingerprint density at radius 2 is 1.74 bits per heavy atom. The largest absolute Gasteiger partial charge is 0.207 e. The van der Waals surface area contributed by atoms with Gasteiger partial charge in [0.25, 0.3) is 0 Å². The van der Waals surface area contributed by atoms with Crippen LogP contribution in [0.2, 0.25) is 0 Å². The topological polar surface area (TPSA) is 0 Å². The Morgan fingerprint density at radius 1 is 1.16 bits per heavy atom. The van der Waals surface area contributed by atoms with E-state index in [1.54, 1.807) is 0 Å². The van der Waals surface area contributed by atoms with Gasteiger partial charge in [0.2, 0.25) is 0 Å².